The second-order valence-corrected chi connectivity index (χ2v) is 14.8. The van der Waals surface area contributed by atoms with Crippen molar-refractivity contribution in [2.75, 3.05) is 19.8 Å². The summed E-state index contributed by atoms with van der Waals surface area (Å²) in [6.45, 7) is 3.27. The van der Waals surface area contributed by atoms with Crippen molar-refractivity contribution in [1.82, 2.24) is 0 Å². The molecule has 0 aromatic heterocycles. The summed E-state index contributed by atoms with van der Waals surface area (Å²) >= 11 is 0. The number of unbranched alkanes of at least 4 members (excludes halogenated alkanes) is 16. The van der Waals surface area contributed by atoms with Gasteiger partial charge in [0.15, 0.2) is 12.4 Å². The summed E-state index contributed by atoms with van der Waals surface area (Å²) in [5.74, 6) is -0.831. The normalized spacial score (nSPS) is 21.0. The fraction of sp³-hybridized carbons (Fsp3) is 0.778. The van der Waals surface area contributed by atoms with E-state index in [4.69, 9.17) is 18.9 Å². The zero-order valence-electron chi connectivity index (χ0n) is 34.4. The summed E-state index contributed by atoms with van der Waals surface area (Å²) in [5, 5.41) is 40.0. The molecule has 4 N–H and O–H groups in total. The number of esters is 2. The van der Waals surface area contributed by atoms with Gasteiger partial charge in [0.1, 0.15) is 31.0 Å². The molecule has 1 fully saturated rings. The lowest BCUT2D eigenvalue weighted by Crippen LogP contribution is -2.59. The van der Waals surface area contributed by atoms with Gasteiger partial charge in [0.05, 0.1) is 13.2 Å². The molecule has 10 nitrogen and oxygen atoms in total. The monoisotopic (exact) mass is 779 g/mol. The van der Waals surface area contributed by atoms with Gasteiger partial charge < -0.3 is 39.4 Å². The van der Waals surface area contributed by atoms with E-state index < -0.39 is 49.4 Å². The van der Waals surface area contributed by atoms with Gasteiger partial charge in [-0.15, -0.1) is 0 Å². The molecule has 6 unspecified atom stereocenters. The van der Waals surface area contributed by atoms with Crippen molar-refractivity contribution in [3.8, 4) is 0 Å². The number of rotatable bonds is 35. The summed E-state index contributed by atoms with van der Waals surface area (Å²) in [6.07, 6.45) is 34.0. The molecule has 0 bridgehead atoms. The van der Waals surface area contributed by atoms with Crippen LogP contribution in [-0.4, -0.2) is 89.0 Å². The third-order valence-electron chi connectivity index (χ3n) is 9.70. The van der Waals surface area contributed by atoms with Gasteiger partial charge in [-0.2, -0.15) is 0 Å². The number of hydrogen-bond donors (Lipinski definition) is 4. The second-order valence-electron chi connectivity index (χ2n) is 14.8. The van der Waals surface area contributed by atoms with E-state index in [9.17, 15) is 30.0 Å². The van der Waals surface area contributed by atoms with E-state index in [2.05, 4.69) is 62.5 Å². The molecule has 1 aliphatic heterocycles. The molecule has 1 rings (SSSR count). The number of ether oxygens (including phenoxy) is 4. The number of aliphatic hydroxyl groups is 4. The average Bonchev–Trinajstić information content (AvgIpc) is 3.18. The van der Waals surface area contributed by atoms with Crippen LogP contribution in [0, 0.1) is 0 Å². The molecule has 318 valence electrons. The predicted molar refractivity (Wildman–Crippen MR) is 219 cm³/mol. The van der Waals surface area contributed by atoms with Gasteiger partial charge in [0.2, 0.25) is 0 Å². The van der Waals surface area contributed by atoms with Crippen LogP contribution >= 0.6 is 0 Å². The summed E-state index contributed by atoms with van der Waals surface area (Å²) in [5.41, 5.74) is 0. The van der Waals surface area contributed by atoms with E-state index in [0.29, 0.717) is 12.8 Å². The maximum absolute atomic E-state index is 12.8. The molecule has 0 saturated carbocycles. The van der Waals surface area contributed by atoms with E-state index in [-0.39, 0.29) is 32.0 Å². The highest BCUT2D eigenvalue weighted by molar-refractivity contribution is 5.70. The van der Waals surface area contributed by atoms with Gasteiger partial charge in [-0.3, -0.25) is 9.59 Å². The van der Waals surface area contributed by atoms with Crippen LogP contribution in [0.25, 0.3) is 0 Å². The zero-order valence-corrected chi connectivity index (χ0v) is 34.4. The summed E-state index contributed by atoms with van der Waals surface area (Å²) in [6, 6.07) is 0. The molecule has 0 aromatic carbocycles. The Bertz CT molecular complexity index is 1040. The maximum atomic E-state index is 12.8. The van der Waals surface area contributed by atoms with Crippen molar-refractivity contribution in [2.24, 2.45) is 0 Å². The van der Waals surface area contributed by atoms with Gasteiger partial charge in [-0.25, -0.2) is 0 Å². The van der Waals surface area contributed by atoms with Crippen LogP contribution in [0.2, 0.25) is 0 Å². The Morgan fingerprint density at radius 1 is 0.582 bits per heavy atom. The molecule has 0 spiro atoms. The summed E-state index contributed by atoms with van der Waals surface area (Å²) < 4.78 is 22.1. The van der Waals surface area contributed by atoms with Gasteiger partial charge >= 0.3 is 11.9 Å². The van der Waals surface area contributed by atoms with Gasteiger partial charge in [-0.1, -0.05) is 133 Å². The maximum Gasteiger partial charge on any atom is 0.306 e. The molecule has 1 heterocycles. The number of carbonyl (C=O) groups excluding carboxylic acids is 2. The third kappa shape index (κ3) is 27.8. The fourth-order valence-corrected chi connectivity index (χ4v) is 6.25. The lowest BCUT2D eigenvalue weighted by Gasteiger charge is -2.39. The number of carbonyl (C=O) groups is 2. The molecule has 1 aliphatic rings. The van der Waals surface area contributed by atoms with Crippen molar-refractivity contribution in [3.05, 3.63) is 48.6 Å². The van der Waals surface area contributed by atoms with Crippen molar-refractivity contribution >= 4 is 11.9 Å². The number of aliphatic hydroxyl groups excluding tert-OH is 4. The minimum atomic E-state index is -1.60. The van der Waals surface area contributed by atoms with E-state index in [1.807, 2.05) is 0 Å². The van der Waals surface area contributed by atoms with Gasteiger partial charge in [-0.05, 0) is 70.6 Å². The molecule has 0 amide bonds. The molecule has 10 heteroatoms. The predicted octanol–water partition coefficient (Wildman–Crippen LogP) is 8.88. The quantitative estimate of drug-likeness (QED) is 0.0279. The van der Waals surface area contributed by atoms with Crippen LogP contribution in [0.1, 0.15) is 168 Å². The molecule has 0 aromatic rings. The smallest absolute Gasteiger partial charge is 0.306 e. The molecule has 1 saturated heterocycles. The van der Waals surface area contributed by atoms with Crippen molar-refractivity contribution in [1.29, 1.82) is 0 Å². The van der Waals surface area contributed by atoms with Crippen molar-refractivity contribution in [3.63, 3.8) is 0 Å². The standard InChI is InChI=1S/C45H78O10/c1-3-5-7-9-11-13-15-17-18-19-20-22-24-26-28-30-32-34-41(48)54-38(37-53-45-44(51)43(50)42(49)39(35-46)55-45)36-52-40(47)33-31-29-27-25-23-21-16-14-12-10-8-6-4-2/h5,7,11,13-14,16-18,38-39,42-46,49-51H,3-4,6,8-10,12,15,19-37H2,1-2H3/b7-5-,13-11-,16-14-,18-17-. The Labute approximate surface area is 333 Å². The summed E-state index contributed by atoms with van der Waals surface area (Å²) in [7, 11) is 0. The largest absolute Gasteiger partial charge is 0.462 e. The Hall–Kier alpha value is -2.34. The summed E-state index contributed by atoms with van der Waals surface area (Å²) in [4.78, 5) is 25.3. The van der Waals surface area contributed by atoms with Crippen LogP contribution in [0.15, 0.2) is 48.6 Å². The second kappa shape index (κ2) is 36.0. The first-order valence-electron chi connectivity index (χ1n) is 21.7. The number of allylic oxidation sites excluding steroid dienone is 8. The Balaban J connectivity index is 2.36. The Morgan fingerprint density at radius 2 is 1.07 bits per heavy atom. The molecule has 0 aliphatic carbocycles. The first kappa shape index (κ1) is 50.7. The minimum Gasteiger partial charge on any atom is -0.462 e. The van der Waals surface area contributed by atoms with E-state index in [1.165, 1.54) is 44.9 Å². The minimum absolute atomic E-state index is 0.216. The molecule has 0 radical (unpaired) electrons. The fourth-order valence-electron chi connectivity index (χ4n) is 6.25. The van der Waals surface area contributed by atoms with Crippen LogP contribution in [-0.2, 0) is 28.5 Å². The van der Waals surface area contributed by atoms with Crippen LogP contribution < -0.4 is 0 Å². The number of hydrogen-bond acceptors (Lipinski definition) is 10. The molecule has 6 atom stereocenters. The lowest BCUT2D eigenvalue weighted by molar-refractivity contribution is -0.305. The Kier molecular flexibility index (Phi) is 33.2. The highest BCUT2D eigenvalue weighted by atomic mass is 16.7. The van der Waals surface area contributed by atoms with E-state index >= 15 is 0 Å². The van der Waals surface area contributed by atoms with Gasteiger partial charge in [0, 0.05) is 12.8 Å². The average molecular weight is 779 g/mol. The molecule has 55 heavy (non-hydrogen) atoms. The van der Waals surface area contributed by atoms with Crippen LogP contribution in [0.4, 0.5) is 0 Å². The van der Waals surface area contributed by atoms with E-state index in [0.717, 1.165) is 83.5 Å². The molecular weight excluding hydrogens is 700 g/mol. The van der Waals surface area contributed by atoms with Crippen molar-refractivity contribution < 1.29 is 49.0 Å². The Morgan fingerprint density at radius 3 is 1.64 bits per heavy atom. The highest BCUT2D eigenvalue weighted by Gasteiger charge is 2.44. The topological polar surface area (TPSA) is 152 Å². The SMILES string of the molecule is CC/C=C\C/C=C\C/C=C\CCCCCCCCCC(=O)OC(COC(=O)CCCCCCC/C=C\CCCCCC)COC1OC(CO)C(O)C(O)C1O. The molecular formula is C45H78O10. The first-order valence-corrected chi connectivity index (χ1v) is 21.7. The van der Waals surface area contributed by atoms with E-state index in [1.54, 1.807) is 0 Å². The highest BCUT2D eigenvalue weighted by Crippen LogP contribution is 2.22. The van der Waals surface area contributed by atoms with Crippen LogP contribution in [0.5, 0.6) is 0 Å². The van der Waals surface area contributed by atoms with Crippen molar-refractivity contribution in [2.45, 2.75) is 205 Å². The first-order chi connectivity index (χ1) is 26.8. The third-order valence-corrected chi connectivity index (χ3v) is 9.70. The lowest BCUT2D eigenvalue weighted by atomic mass is 9.99. The zero-order chi connectivity index (χ0) is 40.2. The van der Waals surface area contributed by atoms with Crippen LogP contribution in [0.3, 0.4) is 0 Å². The van der Waals surface area contributed by atoms with Gasteiger partial charge in [0.25, 0.3) is 0 Å².